The van der Waals surface area contributed by atoms with Crippen LogP contribution in [0.1, 0.15) is 12.5 Å². The van der Waals surface area contributed by atoms with E-state index in [0.29, 0.717) is 18.3 Å². The van der Waals surface area contributed by atoms with E-state index >= 15 is 0 Å². The van der Waals surface area contributed by atoms with E-state index in [1.165, 1.54) is 0 Å². The summed E-state index contributed by atoms with van der Waals surface area (Å²) in [4.78, 5) is 0. The quantitative estimate of drug-likeness (QED) is 0.498. The van der Waals surface area contributed by atoms with Crippen LogP contribution in [-0.4, -0.2) is 31.1 Å². The van der Waals surface area contributed by atoms with Crippen molar-refractivity contribution in [2.45, 2.75) is 6.92 Å². The molecule has 2 N–H and O–H groups in total. The molecule has 0 aromatic heterocycles. The number of ether oxygens (including phenoxy) is 3. The van der Waals surface area contributed by atoms with Crippen molar-refractivity contribution in [2.24, 2.45) is 5.10 Å². The van der Waals surface area contributed by atoms with Crippen molar-refractivity contribution in [3.05, 3.63) is 48.0 Å². The maximum Gasteiger partial charge on any atom is 0.191 e. The van der Waals surface area contributed by atoms with Crippen LogP contribution in [0.25, 0.3) is 0 Å². The van der Waals surface area contributed by atoms with Crippen LogP contribution in [0.2, 0.25) is 0 Å². The number of benzene rings is 2. The first-order valence-electron chi connectivity index (χ1n) is 7.81. The van der Waals surface area contributed by atoms with E-state index in [4.69, 9.17) is 26.4 Å². The van der Waals surface area contributed by atoms with Crippen LogP contribution in [-0.2, 0) is 0 Å². The Bertz CT molecular complexity index is 791. The molecular formula is C18H19N3O3S. The second kappa shape index (κ2) is 7.85. The summed E-state index contributed by atoms with van der Waals surface area (Å²) >= 11 is 5.26. The van der Waals surface area contributed by atoms with Gasteiger partial charge in [-0.05, 0) is 61.6 Å². The smallest absolute Gasteiger partial charge is 0.191 e. The molecule has 6 nitrogen and oxygen atoms in total. The van der Waals surface area contributed by atoms with Crippen molar-refractivity contribution >= 4 is 28.7 Å². The van der Waals surface area contributed by atoms with E-state index in [1.807, 2.05) is 49.4 Å². The lowest BCUT2D eigenvalue weighted by molar-refractivity contribution is 0.171. The first-order valence-corrected chi connectivity index (χ1v) is 8.22. The van der Waals surface area contributed by atoms with E-state index in [2.05, 4.69) is 15.8 Å². The molecule has 1 aliphatic rings. The highest BCUT2D eigenvalue weighted by atomic mass is 32.1. The zero-order valence-electron chi connectivity index (χ0n) is 14.0. The minimum atomic E-state index is 0.405. The molecule has 0 atom stereocenters. The molecule has 0 amide bonds. The third-order valence-corrected chi connectivity index (χ3v) is 3.83. The summed E-state index contributed by atoms with van der Waals surface area (Å²) < 4.78 is 16.2. The molecule has 2 aromatic rings. The number of hydrazone groups is 1. The molecule has 130 valence electrons. The van der Waals surface area contributed by atoms with Crippen LogP contribution < -0.4 is 25.0 Å². The van der Waals surface area contributed by atoms with Crippen LogP contribution in [0, 0.1) is 0 Å². The molecule has 0 fully saturated rings. The fraction of sp³-hybridized carbons (Fsp3) is 0.222. The van der Waals surface area contributed by atoms with Gasteiger partial charge in [0.05, 0.1) is 12.8 Å². The molecule has 0 saturated carbocycles. The average Bonchev–Trinajstić information content (AvgIpc) is 2.66. The van der Waals surface area contributed by atoms with Gasteiger partial charge in [-0.15, -0.1) is 0 Å². The van der Waals surface area contributed by atoms with Gasteiger partial charge in [-0.1, -0.05) is 0 Å². The first kappa shape index (κ1) is 17.0. The molecule has 0 radical (unpaired) electrons. The molecule has 1 aliphatic heterocycles. The largest absolute Gasteiger partial charge is 0.497 e. The number of thiocarbonyl (C=S) groups is 1. The summed E-state index contributed by atoms with van der Waals surface area (Å²) in [5.74, 6) is 2.28. The zero-order chi connectivity index (χ0) is 17.6. The van der Waals surface area contributed by atoms with E-state index in [1.54, 1.807) is 7.11 Å². The summed E-state index contributed by atoms with van der Waals surface area (Å²) in [6.07, 6.45) is 0. The Kier molecular flexibility index (Phi) is 5.35. The minimum Gasteiger partial charge on any atom is -0.497 e. The highest BCUT2D eigenvalue weighted by Crippen LogP contribution is 2.30. The van der Waals surface area contributed by atoms with Crippen molar-refractivity contribution in [2.75, 3.05) is 25.6 Å². The third kappa shape index (κ3) is 4.39. The summed E-state index contributed by atoms with van der Waals surface area (Å²) in [5.41, 5.74) is 5.42. The van der Waals surface area contributed by atoms with Crippen LogP contribution in [0.4, 0.5) is 5.69 Å². The summed E-state index contributed by atoms with van der Waals surface area (Å²) in [6.45, 7) is 3.03. The Hall–Kier alpha value is -2.80. The Morgan fingerprint density at radius 1 is 1.08 bits per heavy atom. The Balaban J connectivity index is 1.61. The van der Waals surface area contributed by atoms with Gasteiger partial charge < -0.3 is 19.5 Å². The van der Waals surface area contributed by atoms with Crippen molar-refractivity contribution in [3.63, 3.8) is 0 Å². The maximum atomic E-state index is 5.59. The normalized spacial score (nSPS) is 13.1. The molecule has 2 aromatic carbocycles. The van der Waals surface area contributed by atoms with Crippen molar-refractivity contribution < 1.29 is 14.2 Å². The van der Waals surface area contributed by atoms with Crippen molar-refractivity contribution in [1.29, 1.82) is 0 Å². The number of hydrogen-bond donors (Lipinski definition) is 2. The minimum absolute atomic E-state index is 0.405. The summed E-state index contributed by atoms with van der Waals surface area (Å²) in [7, 11) is 1.63. The summed E-state index contributed by atoms with van der Waals surface area (Å²) in [5, 5.41) is 7.78. The van der Waals surface area contributed by atoms with Crippen molar-refractivity contribution in [1.82, 2.24) is 5.43 Å². The molecule has 25 heavy (non-hydrogen) atoms. The number of anilines is 1. The lowest BCUT2D eigenvalue weighted by Gasteiger charge is -2.18. The Morgan fingerprint density at radius 3 is 2.52 bits per heavy atom. The van der Waals surface area contributed by atoms with Gasteiger partial charge in [-0.25, -0.2) is 0 Å². The zero-order valence-corrected chi connectivity index (χ0v) is 14.9. The second-order valence-electron chi connectivity index (χ2n) is 5.35. The number of nitrogens with one attached hydrogen (secondary N) is 2. The number of fused-ring (bicyclic) bond motifs is 1. The van der Waals surface area contributed by atoms with Gasteiger partial charge >= 0.3 is 0 Å². The van der Waals surface area contributed by atoms with Crippen LogP contribution in [0.5, 0.6) is 17.2 Å². The molecule has 0 saturated heterocycles. The topological polar surface area (TPSA) is 64.1 Å². The molecule has 0 spiro atoms. The van der Waals surface area contributed by atoms with Crippen LogP contribution in [0.15, 0.2) is 47.6 Å². The second-order valence-corrected chi connectivity index (χ2v) is 5.76. The van der Waals surface area contributed by atoms with Crippen LogP contribution >= 0.6 is 12.2 Å². The fourth-order valence-corrected chi connectivity index (χ4v) is 2.46. The number of rotatable bonds is 4. The highest BCUT2D eigenvalue weighted by molar-refractivity contribution is 7.80. The Morgan fingerprint density at radius 2 is 1.80 bits per heavy atom. The number of methoxy groups -OCH3 is 1. The molecule has 0 bridgehead atoms. The van der Waals surface area contributed by atoms with Gasteiger partial charge in [0.25, 0.3) is 0 Å². The predicted molar refractivity (Wildman–Crippen MR) is 102 cm³/mol. The maximum absolute atomic E-state index is 5.59. The van der Waals surface area contributed by atoms with E-state index in [9.17, 15) is 0 Å². The van der Waals surface area contributed by atoms with Gasteiger partial charge in [0, 0.05) is 11.3 Å². The van der Waals surface area contributed by atoms with Gasteiger partial charge in [0.1, 0.15) is 19.0 Å². The van der Waals surface area contributed by atoms with Gasteiger partial charge in [-0.3, -0.25) is 5.43 Å². The predicted octanol–water partition coefficient (Wildman–Crippen LogP) is 3.18. The molecule has 0 aliphatic carbocycles. The molecule has 1 heterocycles. The summed E-state index contributed by atoms with van der Waals surface area (Å²) in [6, 6.07) is 13.2. The fourth-order valence-electron chi connectivity index (χ4n) is 2.30. The van der Waals surface area contributed by atoms with E-state index < -0.39 is 0 Å². The monoisotopic (exact) mass is 357 g/mol. The third-order valence-electron chi connectivity index (χ3n) is 3.63. The molecule has 0 unspecified atom stereocenters. The van der Waals surface area contributed by atoms with Gasteiger partial charge in [0.15, 0.2) is 16.6 Å². The average molecular weight is 357 g/mol. The van der Waals surface area contributed by atoms with Crippen LogP contribution in [0.3, 0.4) is 0 Å². The first-order chi connectivity index (χ1) is 12.2. The van der Waals surface area contributed by atoms with Crippen molar-refractivity contribution in [3.8, 4) is 17.2 Å². The molecule has 7 heteroatoms. The molecular weight excluding hydrogens is 338 g/mol. The number of hydrogen-bond acceptors (Lipinski definition) is 5. The van der Waals surface area contributed by atoms with Gasteiger partial charge in [0.2, 0.25) is 0 Å². The van der Waals surface area contributed by atoms with Gasteiger partial charge in [-0.2, -0.15) is 5.10 Å². The van der Waals surface area contributed by atoms with E-state index in [0.717, 1.165) is 34.2 Å². The van der Waals surface area contributed by atoms with E-state index in [-0.39, 0.29) is 0 Å². The Labute approximate surface area is 151 Å². The SMILES string of the molecule is COc1ccc(NC(=S)N/N=C(/C)c2ccc3c(c2)OCCO3)cc1. The highest BCUT2D eigenvalue weighted by Gasteiger charge is 2.12. The standard InChI is InChI=1S/C18H19N3O3S/c1-12(13-3-8-16-17(11-13)24-10-9-23-16)20-21-18(25)19-14-4-6-15(22-2)7-5-14/h3-8,11H,9-10H2,1-2H3,(H2,19,21,25)/b20-12-. The number of nitrogens with zero attached hydrogens (tertiary/aromatic N) is 1. The lowest BCUT2D eigenvalue weighted by Crippen LogP contribution is -2.25. The molecule has 3 rings (SSSR count). The lowest BCUT2D eigenvalue weighted by atomic mass is 10.1.